The van der Waals surface area contributed by atoms with Gasteiger partial charge in [0.1, 0.15) is 5.60 Å². The highest BCUT2D eigenvalue weighted by Gasteiger charge is 2.29. The van der Waals surface area contributed by atoms with Crippen LogP contribution in [0.5, 0.6) is 0 Å². The summed E-state index contributed by atoms with van der Waals surface area (Å²) in [5.74, 6) is 0.199. The van der Waals surface area contributed by atoms with Crippen LogP contribution in [-0.4, -0.2) is 31.1 Å². The molecular formula is C12H23NO2. The summed E-state index contributed by atoms with van der Waals surface area (Å²) in [5, 5.41) is 3.43. The smallest absolute Gasteiger partial charge is 0.165 e. The highest BCUT2D eigenvalue weighted by molar-refractivity contribution is 5.86. The molecule has 15 heavy (non-hydrogen) atoms. The number of Topliss-reactive ketones (excluding diaryl/α,β-unsaturated/α-hetero) is 1. The van der Waals surface area contributed by atoms with Gasteiger partial charge in [-0.05, 0) is 33.2 Å². The fraction of sp³-hybridized carbons (Fsp3) is 0.917. The number of hydrogen-bond donors (Lipinski definition) is 1. The highest BCUT2D eigenvalue weighted by atomic mass is 16.5. The molecular weight excluding hydrogens is 190 g/mol. The molecule has 3 nitrogen and oxygen atoms in total. The number of nitrogens with one attached hydrogen (secondary N) is 1. The molecule has 1 heterocycles. The van der Waals surface area contributed by atoms with Gasteiger partial charge in [-0.15, -0.1) is 0 Å². The van der Waals surface area contributed by atoms with Crippen molar-refractivity contribution < 1.29 is 9.53 Å². The number of ether oxygens (including phenoxy) is 1. The van der Waals surface area contributed by atoms with Crippen LogP contribution in [0.2, 0.25) is 0 Å². The predicted molar refractivity (Wildman–Crippen MR) is 61.0 cm³/mol. The summed E-state index contributed by atoms with van der Waals surface area (Å²) in [6.07, 6.45) is 5.47. The zero-order chi connectivity index (χ0) is 11.3. The van der Waals surface area contributed by atoms with Crippen molar-refractivity contribution >= 4 is 5.78 Å². The Morgan fingerprint density at radius 3 is 2.80 bits per heavy atom. The number of carbonyl (C=O) groups is 1. The minimum atomic E-state index is -0.631. The molecule has 1 atom stereocenters. The predicted octanol–water partition coefficient (Wildman–Crippen LogP) is 1.90. The summed E-state index contributed by atoms with van der Waals surface area (Å²) < 4.78 is 5.19. The second kappa shape index (κ2) is 5.61. The van der Waals surface area contributed by atoms with Gasteiger partial charge in [-0.2, -0.15) is 0 Å². The second-order valence-electron chi connectivity index (χ2n) is 4.84. The van der Waals surface area contributed by atoms with E-state index in [1.54, 1.807) is 7.11 Å². The number of carbonyl (C=O) groups excluding carboxylic acids is 1. The Morgan fingerprint density at radius 2 is 2.13 bits per heavy atom. The summed E-state index contributed by atoms with van der Waals surface area (Å²) in [7, 11) is 1.60. The molecule has 1 rings (SSSR count). The van der Waals surface area contributed by atoms with Gasteiger partial charge >= 0.3 is 0 Å². The SMILES string of the molecule is COC(C)(C)C(=O)CC1CCCCCN1. The fourth-order valence-electron chi connectivity index (χ4n) is 1.86. The third-order valence-electron chi connectivity index (χ3n) is 3.28. The average Bonchev–Trinajstić information content (AvgIpc) is 2.46. The third-order valence-corrected chi connectivity index (χ3v) is 3.28. The number of methoxy groups -OCH3 is 1. The van der Waals surface area contributed by atoms with Crippen molar-refractivity contribution in [2.24, 2.45) is 0 Å². The fourth-order valence-corrected chi connectivity index (χ4v) is 1.86. The molecule has 1 N–H and O–H groups in total. The lowest BCUT2D eigenvalue weighted by molar-refractivity contribution is -0.137. The molecule has 1 fully saturated rings. The molecule has 88 valence electrons. The van der Waals surface area contributed by atoms with E-state index in [2.05, 4.69) is 5.32 Å². The zero-order valence-electron chi connectivity index (χ0n) is 10.1. The Bertz CT molecular complexity index is 206. The van der Waals surface area contributed by atoms with Crippen molar-refractivity contribution in [3.63, 3.8) is 0 Å². The van der Waals surface area contributed by atoms with Gasteiger partial charge in [-0.1, -0.05) is 12.8 Å². The minimum absolute atomic E-state index is 0.199. The molecule has 1 saturated heterocycles. The van der Waals surface area contributed by atoms with Crippen LogP contribution in [-0.2, 0) is 9.53 Å². The summed E-state index contributed by atoms with van der Waals surface area (Å²) in [6, 6.07) is 0.356. The van der Waals surface area contributed by atoms with Crippen LogP contribution in [0.1, 0.15) is 46.0 Å². The number of rotatable bonds is 4. The van der Waals surface area contributed by atoms with Gasteiger partial charge in [-0.3, -0.25) is 4.79 Å². The number of hydrogen-bond acceptors (Lipinski definition) is 3. The van der Waals surface area contributed by atoms with Crippen molar-refractivity contribution in [1.29, 1.82) is 0 Å². The maximum atomic E-state index is 11.9. The first kappa shape index (κ1) is 12.7. The van der Waals surface area contributed by atoms with Crippen LogP contribution in [0.3, 0.4) is 0 Å². The molecule has 0 spiro atoms. The summed E-state index contributed by atoms with van der Waals surface area (Å²) >= 11 is 0. The van der Waals surface area contributed by atoms with Crippen LogP contribution >= 0.6 is 0 Å². The molecule has 0 radical (unpaired) electrons. The van der Waals surface area contributed by atoms with Gasteiger partial charge in [0, 0.05) is 19.6 Å². The van der Waals surface area contributed by atoms with E-state index >= 15 is 0 Å². The molecule has 1 aliphatic rings. The van der Waals surface area contributed by atoms with Crippen LogP contribution in [0.15, 0.2) is 0 Å². The Morgan fingerprint density at radius 1 is 1.40 bits per heavy atom. The van der Waals surface area contributed by atoms with Gasteiger partial charge in [0.25, 0.3) is 0 Å². The van der Waals surface area contributed by atoms with Crippen molar-refractivity contribution in [1.82, 2.24) is 5.32 Å². The Kier molecular flexibility index (Phi) is 4.74. The summed E-state index contributed by atoms with van der Waals surface area (Å²) in [4.78, 5) is 11.9. The first-order valence-corrected chi connectivity index (χ1v) is 5.88. The minimum Gasteiger partial charge on any atom is -0.371 e. The van der Waals surface area contributed by atoms with E-state index in [0.29, 0.717) is 12.5 Å². The summed E-state index contributed by atoms with van der Waals surface area (Å²) in [5.41, 5.74) is -0.631. The molecule has 0 aromatic rings. The van der Waals surface area contributed by atoms with Gasteiger partial charge < -0.3 is 10.1 Å². The monoisotopic (exact) mass is 213 g/mol. The molecule has 1 unspecified atom stereocenters. The summed E-state index contributed by atoms with van der Waals surface area (Å²) in [6.45, 7) is 4.73. The van der Waals surface area contributed by atoms with E-state index in [9.17, 15) is 4.79 Å². The van der Waals surface area contributed by atoms with Crippen LogP contribution in [0.4, 0.5) is 0 Å². The third kappa shape index (κ3) is 3.92. The zero-order valence-corrected chi connectivity index (χ0v) is 10.1. The van der Waals surface area contributed by atoms with E-state index in [1.807, 2.05) is 13.8 Å². The quantitative estimate of drug-likeness (QED) is 0.775. The highest BCUT2D eigenvalue weighted by Crippen LogP contribution is 2.17. The van der Waals surface area contributed by atoms with Gasteiger partial charge in [0.05, 0.1) is 0 Å². The number of ketones is 1. The average molecular weight is 213 g/mol. The second-order valence-corrected chi connectivity index (χ2v) is 4.84. The Labute approximate surface area is 92.6 Å². The van der Waals surface area contributed by atoms with E-state index in [-0.39, 0.29) is 5.78 Å². The van der Waals surface area contributed by atoms with E-state index in [4.69, 9.17) is 4.74 Å². The molecule has 0 aromatic heterocycles. The maximum Gasteiger partial charge on any atom is 0.165 e. The topological polar surface area (TPSA) is 38.3 Å². The van der Waals surface area contributed by atoms with Gasteiger partial charge in [-0.25, -0.2) is 0 Å². The van der Waals surface area contributed by atoms with Crippen molar-refractivity contribution in [3.05, 3.63) is 0 Å². The van der Waals surface area contributed by atoms with Crippen molar-refractivity contribution in [3.8, 4) is 0 Å². The Hall–Kier alpha value is -0.410. The van der Waals surface area contributed by atoms with E-state index < -0.39 is 5.60 Å². The van der Waals surface area contributed by atoms with Crippen LogP contribution in [0.25, 0.3) is 0 Å². The first-order chi connectivity index (χ1) is 7.06. The molecule has 0 saturated carbocycles. The molecule has 0 aliphatic carbocycles. The van der Waals surface area contributed by atoms with Gasteiger partial charge in [0.2, 0.25) is 0 Å². The van der Waals surface area contributed by atoms with E-state index in [0.717, 1.165) is 13.0 Å². The van der Waals surface area contributed by atoms with E-state index in [1.165, 1.54) is 19.3 Å². The van der Waals surface area contributed by atoms with Crippen molar-refractivity contribution in [2.75, 3.05) is 13.7 Å². The molecule has 0 bridgehead atoms. The largest absolute Gasteiger partial charge is 0.371 e. The normalized spacial score (nSPS) is 23.5. The lowest BCUT2D eigenvalue weighted by Crippen LogP contribution is -2.39. The van der Waals surface area contributed by atoms with Crippen LogP contribution < -0.4 is 5.32 Å². The standard InChI is InChI=1S/C12H23NO2/c1-12(2,15-3)11(14)9-10-7-5-4-6-8-13-10/h10,13H,4-9H2,1-3H3. The Balaban J connectivity index is 2.42. The lowest BCUT2D eigenvalue weighted by atomic mass is 9.95. The van der Waals surface area contributed by atoms with Crippen molar-refractivity contribution in [2.45, 2.75) is 57.6 Å². The molecule has 1 aliphatic heterocycles. The molecule has 0 amide bonds. The molecule has 3 heteroatoms. The first-order valence-electron chi connectivity index (χ1n) is 5.88. The van der Waals surface area contributed by atoms with Crippen LogP contribution in [0, 0.1) is 0 Å². The maximum absolute atomic E-state index is 11.9. The molecule has 0 aromatic carbocycles. The van der Waals surface area contributed by atoms with Gasteiger partial charge in [0.15, 0.2) is 5.78 Å². The lowest BCUT2D eigenvalue weighted by Gasteiger charge is -2.24.